The Morgan fingerprint density at radius 1 is 0.348 bits per heavy atom. The fourth-order valence-electron chi connectivity index (χ4n) is 7.50. The second kappa shape index (κ2) is 56.1. The first-order valence-corrected chi connectivity index (χ1v) is 27.8. The molecular weight excluding hydrogens is 813 g/mol. The summed E-state index contributed by atoms with van der Waals surface area (Å²) in [6.45, 7) is 7.61. The van der Waals surface area contributed by atoms with Crippen molar-refractivity contribution >= 4 is 11.9 Å². The molecule has 0 bridgehead atoms. The topological polar surface area (TPSA) is 61.8 Å². The highest BCUT2D eigenvalue weighted by molar-refractivity contribution is 5.70. The fourth-order valence-corrected chi connectivity index (χ4v) is 7.50. The largest absolute Gasteiger partial charge is 0.462 e. The van der Waals surface area contributed by atoms with Crippen molar-refractivity contribution in [3.63, 3.8) is 0 Å². The maximum atomic E-state index is 12.8. The molecule has 1 atom stereocenters. The van der Waals surface area contributed by atoms with Gasteiger partial charge < -0.3 is 14.2 Å². The molecule has 5 nitrogen and oxygen atoms in total. The lowest BCUT2D eigenvalue weighted by Gasteiger charge is -2.18. The molecule has 5 heteroatoms. The maximum Gasteiger partial charge on any atom is 0.306 e. The molecular formula is C61H104O5. The number of rotatable bonds is 50. The van der Waals surface area contributed by atoms with Crippen LogP contribution in [0.3, 0.4) is 0 Å². The van der Waals surface area contributed by atoms with Crippen LogP contribution in [0.15, 0.2) is 97.2 Å². The number of esters is 2. The molecule has 0 rings (SSSR count). The number of hydrogen-bond acceptors (Lipinski definition) is 5. The maximum absolute atomic E-state index is 12.8. The SMILES string of the molecule is CC/C=C\C/C=C\C/C=C\C/C=C\C/C=C\CCCC(=O)O[C@H](COCCCCCCCCCCCCCCCCCC)COC(=O)CCC/C=C\C/C=C\C/C=C\CCCCCCCC. The van der Waals surface area contributed by atoms with E-state index in [1.54, 1.807) is 0 Å². The molecule has 0 heterocycles. The van der Waals surface area contributed by atoms with Gasteiger partial charge >= 0.3 is 11.9 Å². The highest BCUT2D eigenvalue weighted by Crippen LogP contribution is 2.14. The molecule has 0 saturated heterocycles. The van der Waals surface area contributed by atoms with Gasteiger partial charge in [0.15, 0.2) is 6.10 Å². The molecule has 0 fully saturated rings. The Hall–Kier alpha value is -3.18. The summed E-state index contributed by atoms with van der Waals surface area (Å²) < 4.78 is 17.4. The molecule has 0 aliphatic heterocycles. The summed E-state index contributed by atoms with van der Waals surface area (Å²) >= 11 is 0. The fraction of sp³-hybridized carbons (Fsp3) is 0.705. The zero-order valence-electron chi connectivity index (χ0n) is 43.4. The minimum atomic E-state index is -0.590. The molecule has 0 aromatic carbocycles. The van der Waals surface area contributed by atoms with E-state index in [0.29, 0.717) is 19.4 Å². The van der Waals surface area contributed by atoms with Gasteiger partial charge in [0.25, 0.3) is 0 Å². The van der Waals surface area contributed by atoms with Gasteiger partial charge in [-0.1, -0.05) is 246 Å². The number of allylic oxidation sites excluding steroid dienone is 16. The van der Waals surface area contributed by atoms with Crippen molar-refractivity contribution < 1.29 is 23.8 Å². The van der Waals surface area contributed by atoms with Crippen LogP contribution in [0, 0.1) is 0 Å². The predicted octanol–water partition coefficient (Wildman–Crippen LogP) is 19.0. The number of hydrogen-bond donors (Lipinski definition) is 0. The monoisotopic (exact) mass is 917 g/mol. The van der Waals surface area contributed by atoms with Crippen LogP contribution in [0.25, 0.3) is 0 Å². The first-order chi connectivity index (χ1) is 32.6. The molecule has 0 amide bonds. The first kappa shape index (κ1) is 62.8. The van der Waals surface area contributed by atoms with Crippen LogP contribution >= 0.6 is 0 Å². The van der Waals surface area contributed by atoms with E-state index < -0.39 is 6.10 Å². The molecule has 0 aromatic rings. The average molecular weight is 917 g/mol. The van der Waals surface area contributed by atoms with E-state index in [0.717, 1.165) is 83.5 Å². The molecule has 0 unspecified atom stereocenters. The molecule has 0 N–H and O–H groups in total. The Bertz CT molecular complexity index is 1270. The van der Waals surface area contributed by atoms with Gasteiger partial charge in [0.1, 0.15) is 6.61 Å². The van der Waals surface area contributed by atoms with Crippen LogP contribution in [-0.2, 0) is 23.8 Å². The highest BCUT2D eigenvalue weighted by atomic mass is 16.6. The number of unbranched alkanes of at least 4 members (excludes halogenated alkanes) is 23. The summed E-state index contributed by atoms with van der Waals surface area (Å²) in [7, 11) is 0. The summed E-state index contributed by atoms with van der Waals surface area (Å²) in [5, 5.41) is 0. The van der Waals surface area contributed by atoms with E-state index in [1.807, 2.05) is 0 Å². The number of carbonyl (C=O) groups excluding carboxylic acids is 2. The smallest absolute Gasteiger partial charge is 0.306 e. The first-order valence-electron chi connectivity index (χ1n) is 27.8. The lowest BCUT2D eigenvalue weighted by atomic mass is 10.0. The molecule has 378 valence electrons. The van der Waals surface area contributed by atoms with Gasteiger partial charge in [0.2, 0.25) is 0 Å². The van der Waals surface area contributed by atoms with E-state index >= 15 is 0 Å². The van der Waals surface area contributed by atoms with Gasteiger partial charge in [-0.3, -0.25) is 9.59 Å². The van der Waals surface area contributed by atoms with Crippen LogP contribution in [0.4, 0.5) is 0 Å². The summed E-state index contributed by atoms with van der Waals surface area (Å²) in [4.78, 5) is 25.4. The lowest BCUT2D eigenvalue weighted by molar-refractivity contribution is -0.162. The Morgan fingerprint density at radius 3 is 1.09 bits per heavy atom. The van der Waals surface area contributed by atoms with Gasteiger partial charge in [-0.15, -0.1) is 0 Å². The normalized spacial score (nSPS) is 13.0. The molecule has 0 spiro atoms. The van der Waals surface area contributed by atoms with Crippen molar-refractivity contribution in [3.05, 3.63) is 97.2 Å². The molecule has 0 saturated carbocycles. The lowest BCUT2D eigenvalue weighted by Crippen LogP contribution is -2.30. The van der Waals surface area contributed by atoms with Gasteiger partial charge in [-0.05, 0) is 89.9 Å². The minimum absolute atomic E-state index is 0.0341. The molecule has 0 aliphatic rings. The third-order valence-electron chi connectivity index (χ3n) is 11.6. The van der Waals surface area contributed by atoms with Crippen molar-refractivity contribution in [1.29, 1.82) is 0 Å². The standard InChI is InChI=1S/C61H104O5/c1-4-7-10-13-16-19-22-25-28-31-33-36-39-42-45-48-51-54-60(62)65-58-59(57-64-56-53-50-47-44-41-38-35-30-27-24-21-18-15-12-9-6-3)66-61(63)55-52-49-46-43-40-37-34-32-29-26-23-20-17-14-11-8-5-2/h8,11,17,20,25-26,28-29,33-34,36-37,42-43,45-46,59H,4-7,9-10,12-16,18-19,21-24,27,30-32,35,38-41,44,47-58H2,1-3H3/b11-8-,20-17-,28-25-,29-26-,36-33-,37-34-,45-42-,46-43-/t59-/m1/s1. The number of carbonyl (C=O) groups is 2. The van der Waals surface area contributed by atoms with Crippen LogP contribution in [0.2, 0.25) is 0 Å². The van der Waals surface area contributed by atoms with E-state index in [9.17, 15) is 9.59 Å². The molecule has 0 aliphatic carbocycles. The average Bonchev–Trinajstić information content (AvgIpc) is 3.32. The molecule has 66 heavy (non-hydrogen) atoms. The van der Waals surface area contributed by atoms with Crippen LogP contribution < -0.4 is 0 Å². The van der Waals surface area contributed by atoms with E-state index in [-0.39, 0.29) is 25.2 Å². The van der Waals surface area contributed by atoms with Crippen molar-refractivity contribution in [2.24, 2.45) is 0 Å². The summed E-state index contributed by atoms with van der Waals surface area (Å²) in [5.74, 6) is -0.522. The zero-order chi connectivity index (χ0) is 47.7. The third-order valence-corrected chi connectivity index (χ3v) is 11.6. The van der Waals surface area contributed by atoms with Crippen molar-refractivity contribution in [2.45, 2.75) is 258 Å². The van der Waals surface area contributed by atoms with Gasteiger partial charge in [0.05, 0.1) is 6.61 Å². The van der Waals surface area contributed by atoms with Crippen LogP contribution in [0.5, 0.6) is 0 Å². The van der Waals surface area contributed by atoms with E-state index in [1.165, 1.54) is 135 Å². The van der Waals surface area contributed by atoms with Gasteiger partial charge in [-0.25, -0.2) is 0 Å². The van der Waals surface area contributed by atoms with Gasteiger partial charge in [0, 0.05) is 19.4 Å². The summed E-state index contributed by atoms with van der Waals surface area (Å²) in [6.07, 6.45) is 75.8. The van der Waals surface area contributed by atoms with E-state index in [2.05, 4.69) is 118 Å². The Morgan fingerprint density at radius 2 is 0.682 bits per heavy atom. The second-order valence-corrected chi connectivity index (χ2v) is 18.1. The van der Waals surface area contributed by atoms with Crippen molar-refractivity contribution in [2.75, 3.05) is 19.8 Å². The number of ether oxygens (including phenoxy) is 3. The predicted molar refractivity (Wildman–Crippen MR) is 288 cm³/mol. The van der Waals surface area contributed by atoms with Crippen LogP contribution in [-0.4, -0.2) is 37.9 Å². The third kappa shape index (κ3) is 53.4. The Kier molecular flexibility index (Phi) is 53.4. The second-order valence-electron chi connectivity index (χ2n) is 18.1. The quantitative estimate of drug-likeness (QED) is 0.0346. The van der Waals surface area contributed by atoms with E-state index in [4.69, 9.17) is 14.2 Å². The van der Waals surface area contributed by atoms with Gasteiger partial charge in [-0.2, -0.15) is 0 Å². The zero-order valence-corrected chi connectivity index (χ0v) is 43.4. The van der Waals surface area contributed by atoms with Crippen molar-refractivity contribution in [1.82, 2.24) is 0 Å². The summed E-state index contributed by atoms with van der Waals surface area (Å²) in [5.41, 5.74) is 0. The minimum Gasteiger partial charge on any atom is -0.462 e. The molecule has 0 aromatic heterocycles. The van der Waals surface area contributed by atoms with Crippen LogP contribution in [0.1, 0.15) is 252 Å². The highest BCUT2D eigenvalue weighted by Gasteiger charge is 2.17. The Balaban J connectivity index is 4.44. The molecule has 0 radical (unpaired) electrons. The summed E-state index contributed by atoms with van der Waals surface area (Å²) in [6, 6.07) is 0. The van der Waals surface area contributed by atoms with Crippen molar-refractivity contribution in [3.8, 4) is 0 Å². The Labute approximate surface area is 409 Å².